The van der Waals surface area contributed by atoms with Gasteiger partial charge in [-0.1, -0.05) is 44.4 Å². The van der Waals surface area contributed by atoms with Gasteiger partial charge in [-0.3, -0.25) is 14.4 Å². The van der Waals surface area contributed by atoms with E-state index in [1.54, 1.807) is 6.92 Å². The van der Waals surface area contributed by atoms with Crippen molar-refractivity contribution in [3.05, 3.63) is 36.0 Å². The van der Waals surface area contributed by atoms with Gasteiger partial charge in [0.15, 0.2) is 0 Å². The van der Waals surface area contributed by atoms with Gasteiger partial charge in [0.05, 0.1) is 0 Å². The summed E-state index contributed by atoms with van der Waals surface area (Å²) >= 11 is 0. The number of hydrogen-bond acceptors (Lipinski definition) is 3. The van der Waals surface area contributed by atoms with Gasteiger partial charge in [-0.25, -0.2) is 0 Å². The SMILES string of the molecule is CCCC[C@H](NC(=O)c1cc2ccccc2n1C)C(=O)N[C@H]1CCC[C@H]1C(C)=O. The number of para-hydroxylation sites is 1. The largest absolute Gasteiger partial charge is 0.351 e. The second-order valence-corrected chi connectivity index (χ2v) is 8.08. The zero-order valence-corrected chi connectivity index (χ0v) is 17.5. The lowest BCUT2D eigenvalue weighted by Gasteiger charge is -2.24. The molecule has 0 saturated heterocycles. The number of hydrogen-bond donors (Lipinski definition) is 2. The van der Waals surface area contributed by atoms with E-state index in [9.17, 15) is 14.4 Å². The van der Waals surface area contributed by atoms with Crippen molar-refractivity contribution in [3.63, 3.8) is 0 Å². The van der Waals surface area contributed by atoms with Crippen LogP contribution in [0.5, 0.6) is 0 Å². The molecule has 1 aliphatic carbocycles. The lowest BCUT2D eigenvalue weighted by molar-refractivity contribution is -0.125. The summed E-state index contributed by atoms with van der Waals surface area (Å²) in [4.78, 5) is 37.8. The van der Waals surface area contributed by atoms with E-state index in [0.29, 0.717) is 12.1 Å². The van der Waals surface area contributed by atoms with Crippen molar-refractivity contribution >= 4 is 28.5 Å². The molecule has 1 aromatic heterocycles. The van der Waals surface area contributed by atoms with Crippen molar-refractivity contribution in [1.82, 2.24) is 15.2 Å². The molecular weight excluding hydrogens is 366 g/mol. The van der Waals surface area contributed by atoms with Crippen LogP contribution >= 0.6 is 0 Å². The Kier molecular flexibility index (Phi) is 6.72. The van der Waals surface area contributed by atoms with E-state index in [0.717, 1.165) is 43.0 Å². The fourth-order valence-electron chi connectivity index (χ4n) is 4.32. The molecule has 3 rings (SSSR count). The molecule has 156 valence electrons. The van der Waals surface area contributed by atoms with E-state index >= 15 is 0 Å². The molecule has 6 nitrogen and oxygen atoms in total. The first-order valence-corrected chi connectivity index (χ1v) is 10.6. The average molecular weight is 398 g/mol. The van der Waals surface area contributed by atoms with Crippen LogP contribution in [0.15, 0.2) is 30.3 Å². The number of rotatable bonds is 8. The van der Waals surface area contributed by atoms with Gasteiger partial charge in [0.25, 0.3) is 5.91 Å². The number of carbonyl (C=O) groups is 3. The van der Waals surface area contributed by atoms with Crippen LogP contribution in [-0.2, 0) is 16.6 Å². The number of amides is 2. The topological polar surface area (TPSA) is 80.2 Å². The third kappa shape index (κ3) is 4.69. The van der Waals surface area contributed by atoms with Gasteiger partial charge in [0.2, 0.25) is 5.91 Å². The molecule has 2 amide bonds. The van der Waals surface area contributed by atoms with Crippen LogP contribution in [0, 0.1) is 5.92 Å². The summed E-state index contributed by atoms with van der Waals surface area (Å²) in [5, 5.41) is 6.96. The van der Waals surface area contributed by atoms with E-state index in [1.807, 2.05) is 41.9 Å². The van der Waals surface area contributed by atoms with Gasteiger partial charge in [-0.15, -0.1) is 0 Å². The Labute approximate surface area is 172 Å². The van der Waals surface area contributed by atoms with Gasteiger partial charge in [0.1, 0.15) is 17.5 Å². The maximum atomic E-state index is 13.0. The summed E-state index contributed by atoms with van der Waals surface area (Å²) in [6.45, 7) is 3.65. The van der Waals surface area contributed by atoms with E-state index in [-0.39, 0.29) is 29.6 Å². The van der Waals surface area contributed by atoms with Crippen molar-refractivity contribution in [2.45, 2.75) is 64.5 Å². The Bertz CT molecular complexity index is 902. The summed E-state index contributed by atoms with van der Waals surface area (Å²) in [7, 11) is 1.86. The van der Waals surface area contributed by atoms with E-state index in [2.05, 4.69) is 17.6 Å². The number of ketones is 1. The second kappa shape index (κ2) is 9.25. The number of nitrogens with zero attached hydrogens (tertiary/aromatic N) is 1. The first kappa shape index (κ1) is 21.1. The fraction of sp³-hybridized carbons (Fsp3) is 0.522. The highest BCUT2D eigenvalue weighted by Gasteiger charge is 2.33. The van der Waals surface area contributed by atoms with E-state index in [1.165, 1.54) is 0 Å². The molecule has 0 unspecified atom stereocenters. The molecule has 0 radical (unpaired) electrons. The number of aromatic nitrogens is 1. The van der Waals surface area contributed by atoms with E-state index < -0.39 is 6.04 Å². The summed E-state index contributed by atoms with van der Waals surface area (Å²) in [6.07, 6.45) is 4.93. The van der Waals surface area contributed by atoms with Gasteiger partial charge < -0.3 is 15.2 Å². The van der Waals surface area contributed by atoms with Gasteiger partial charge in [0, 0.05) is 29.9 Å². The predicted octanol–water partition coefficient (Wildman–Crippen LogP) is 3.34. The van der Waals surface area contributed by atoms with E-state index in [4.69, 9.17) is 0 Å². The van der Waals surface area contributed by atoms with Gasteiger partial charge in [-0.05, 0) is 38.3 Å². The minimum atomic E-state index is -0.603. The Morgan fingerprint density at radius 3 is 2.66 bits per heavy atom. The third-order valence-corrected chi connectivity index (χ3v) is 6.02. The fourth-order valence-corrected chi connectivity index (χ4v) is 4.32. The van der Waals surface area contributed by atoms with Crippen LogP contribution in [-0.4, -0.2) is 34.2 Å². The molecule has 1 heterocycles. The number of carbonyl (C=O) groups excluding carboxylic acids is 3. The standard InChI is InChI=1S/C23H31N3O3/c1-4-5-11-19(22(28)24-18-12-8-10-17(18)15(2)27)25-23(29)21-14-16-9-6-7-13-20(16)26(21)3/h6-7,9,13-14,17-19H,4-5,8,10-12H2,1-3H3,(H,24,28)(H,25,29)/t17-,18-,19-/m0/s1. The molecule has 1 fully saturated rings. The number of benzene rings is 1. The number of nitrogens with one attached hydrogen (secondary N) is 2. The molecule has 2 N–H and O–H groups in total. The monoisotopic (exact) mass is 397 g/mol. The van der Waals surface area contributed by atoms with Crippen molar-refractivity contribution in [1.29, 1.82) is 0 Å². The quantitative estimate of drug-likeness (QED) is 0.717. The Balaban J connectivity index is 1.73. The zero-order chi connectivity index (χ0) is 21.0. The number of Topliss-reactive ketones (excluding diaryl/α,β-unsaturated/α-hetero) is 1. The van der Waals surface area contributed by atoms with Crippen molar-refractivity contribution in [2.24, 2.45) is 13.0 Å². The lowest BCUT2D eigenvalue weighted by Crippen LogP contribution is -2.51. The summed E-state index contributed by atoms with van der Waals surface area (Å²) in [5.74, 6) is -0.435. The number of unbranched alkanes of at least 4 members (excludes halogenated alkanes) is 1. The zero-order valence-electron chi connectivity index (χ0n) is 17.5. The molecule has 0 spiro atoms. The van der Waals surface area contributed by atoms with Gasteiger partial charge in [-0.2, -0.15) is 0 Å². The molecule has 1 aromatic carbocycles. The van der Waals surface area contributed by atoms with Gasteiger partial charge >= 0.3 is 0 Å². The summed E-state index contributed by atoms with van der Waals surface area (Å²) < 4.78 is 1.85. The summed E-state index contributed by atoms with van der Waals surface area (Å²) in [5.41, 5.74) is 1.51. The highest BCUT2D eigenvalue weighted by atomic mass is 16.2. The van der Waals surface area contributed by atoms with Crippen molar-refractivity contribution in [3.8, 4) is 0 Å². The first-order chi connectivity index (χ1) is 13.9. The smallest absolute Gasteiger partial charge is 0.268 e. The summed E-state index contributed by atoms with van der Waals surface area (Å²) in [6, 6.07) is 8.93. The molecule has 2 aromatic rings. The number of fused-ring (bicyclic) bond motifs is 1. The minimum absolute atomic E-state index is 0.111. The third-order valence-electron chi connectivity index (χ3n) is 6.02. The van der Waals surface area contributed by atoms with Crippen LogP contribution in [0.2, 0.25) is 0 Å². The van der Waals surface area contributed by atoms with Crippen LogP contribution in [0.3, 0.4) is 0 Å². The number of aryl methyl sites for hydroxylation is 1. The molecule has 1 saturated carbocycles. The van der Waals surface area contributed by atoms with Crippen molar-refractivity contribution in [2.75, 3.05) is 0 Å². The Morgan fingerprint density at radius 2 is 1.97 bits per heavy atom. The normalized spacial score (nSPS) is 19.8. The lowest BCUT2D eigenvalue weighted by atomic mass is 9.98. The highest BCUT2D eigenvalue weighted by Crippen LogP contribution is 2.26. The first-order valence-electron chi connectivity index (χ1n) is 10.6. The van der Waals surface area contributed by atoms with Crippen LogP contribution in [0.1, 0.15) is 62.9 Å². The minimum Gasteiger partial charge on any atom is -0.351 e. The van der Waals surface area contributed by atoms with Crippen LogP contribution in [0.25, 0.3) is 10.9 Å². The highest BCUT2D eigenvalue weighted by molar-refractivity contribution is 6.00. The Hall–Kier alpha value is -2.63. The van der Waals surface area contributed by atoms with Crippen LogP contribution < -0.4 is 10.6 Å². The molecule has 3 atom stereocenters. The molecular formula is C23H31N3O3. The molecule has 0 aliphatic heterocycles. The maximum Gasteiger partial charge on any atom is 0.268 e. The molecule has 6 heteroatoms. The predicted molar refractivity (Wildman–Crippen MR) is 114 cm³/mol. The van der Waals surface area contributed by atoms with Crippen LogP contribution in [0.4, 0.5) is 0 Å². The van der Waals surface area contributed by atoms with Crippen molar-refractivity contribution < 1.29 is 14.4 Å². The molecule has 0 bridgehead atoms. The Morgan fingerprint density at radius 1 is 1.21 bits per heavy atom. The molecule has 1 aliphatic rings. The average Bonchev–Trinajstić information content (AvgIpc) is 3.30. The molecule has 29 heavy (non-hydrogen) atoms. The second-order valence-electron chi connectivity index (χ2n) is 8.08. The maximum absolute atomic E-state index is 13.0.